The van der Waals surface area contributed by atoms with Crippen LogP contribution in [0.1, 0.15) is 18.5 Å². The van der Waals surface area contributed by atoms with Crippen LogP contribution >= 0.6 is 11.3 Å². The van der Waals surface area contributed by atoms with Crippen LogP contribution in [0.3, 0.4) is 0 Å². The predicted molar refractivity (Wildman–Crippen MR) is 81.5 cm³/mol. The summed E-state index contributed by atoms with van der Waals surface area (Å²) in [4.78, 5) is 19.8. The molecule has 2 N–H and O–H groups in total. The number of carbonyl (C=O) groups is 1. The van der Waals surface area contributed by atoms with E-state index >= 15 is 0 Å². The molecule has 5 unspecified atom stereocenters. The van der Waals surface area contributed by atoms with E-state index in [1.54, 1.807) is 11.3 Å². The molecule has 0 aromatic carbocycles. The lowest BCUT2D eigenvalue weighted by molar-refractivity contribution is 0.0608. The number of imidazole rings is 1. The second-order valence-corrected chi connectivity index (χ2v) is 7.65. The van der Waals surface area contributed by atoms with Crippen molar-refractivity contribution in [3.63, 3.8) is 0 Å². The van der Waals surface area contributed by atoms with Crippen LogP contribution in [-0.4, -0.2) is 44.1 Å². The summed E-state index contributed by atoms with van der Waals surface area (Å²) in [5, 5.41) is 15.3. The molecule has 2 aromatic heterocycles. The van der Waals surface area contributed by atoms with Gasteiger partial charge in [-0.25, -0.2) is 9.78 Å². The van der Waals surface area contributed by atoms with E-state index in [-0.39, 0.29) is 18.2 Å². The van der Waals surface area contributed by atoms with Gasteiger partial charge < -0.3 is 15.3 Å². The molecule has 1 aliphatic heterocycles. The second kappa shape index (κ2) is 4.45. The fraction of sp³-hybridized carbons (Fsp3) is 0.600. The molecule has 116 valence electrons. The van der Waals surface area contributed by atoms with Crippen LogP contribution in [0.15, 0.2) is 17.8 Å². The van der Waals surface area contributed by atoms with Crippen LogP contribution in [0.5, 0.6) is 0 Å². The van der Waals surface area contributed by atoms with Crippen molar-refractivity contribution >= 4 is 22.3 Å². The zero-order chi connectivity index (χ0) is 14.8. The number of fused-ring (bicyclic) bond motifs is 2. The third-order valence-electron chi connectivity index (χ3n) is 5.67. The number of aliphatic hydroxyl groups excluding tert-OH is 1. The minimum Gasteiger partial charge on any atom is -0.391 e. The Morgan fingerprint density at radius 1 is 1.45 bits per heavy atom. The van der Waals surface area contributed by atoms with Crippen LogP contribution in [0.25, 0.3) is 4.96 Å². The van der Waals surface area contributed by atoms with Crippen molar-refractivity contribution in [2.75, 3.05) is 6.54 Å². The van der Waals surface area contributed by atoms with Gasteiger partial charge in [0.2, 0.25) is 0 Å². The van der Waals surface area contributed by atoms with Gasteiger partial charge in [-0.05, 0) is 30.6 Å². The van der Waals surface area contributed by atoms with Gasteiger partial charge in [-0.15, -0.1) is 11.3 Å². The molecule has 2 amide bonds. The molecule has 0 spiro atoms. The number of aromatic nitrogens is 2. The van der Waals surface area contributed by atoms with Gasteiger partial charge in [-0.2, -0.15) is 0 Å². The van der Waals surface area contributed by atoms with E-state index in [0.29, 0.717) is 24.3 Å². The Balaban J connectivity index is 1.28. The standard InChI is InChI=1S/C15H18N4O2S/c20-13-8-3-9-6-19(12(13)11(9)4-8)14(21)16-5-10-7-18-1-2-22-15(18)17-10/h1-2,7-9,11-13,20H,3-6H2,(H,16,21). The number of hydrogen-bond donors (Lipinski definition) is 2. The predicted octanol–water partition coefficient (Wildman–Crippen LogP) is 1.31. The highest BCUT2D eigenvalue weighted by Gasteiger charge is 2.59. The first-order valence-electron chi connectivity index (χ1n) is 7.84. The minimum atomic E-state index is -0.326. The molecule has 2 aromatic rings. The summed E-state index contributed by atoms with van der Waals surface area (Å²) in [5.74, 6) is 1.53. The molecule has 3 heterocycles. The molecule has 2 saturated carbocycles. The molecule has 5 rings (SSSR count). The third kappa shape index (κ3) is 1.69. The number of thiazole rings is 1. The summed E-state index contributed by atoms with van der Waals surface area (Å²) >= 11 is 1.58. The summed E-state index contributed by atoms with van der Waals surface area (Å²) in [6.07, 6.45) is 5.76. The van der Waals surface area contributed by atoms with E-state index < -0.39 is 0 Å². The molecule has 2 bridgehead atoms. The van der Waals surface area contributed by atoms with Crippen LogP contribution in [0.2, 0.25) is 0 Å². The van der Waals surface area contributed by atoms with Crippen molar-refractivity contribution in [2.24, 2.45) is 17.8 Å². The lowest BCUT2D eigenvalue weighted by Gasteiger charge is -2.28. The molecule has 3 aliphatic rings. The average molecular weight is 318 g/mol. The largest absolute Gasteiger partial charge is 0.391 e. The summed E-state index contributed by atoms with van der Waals surface area (Å²) in [6, 6.07) is -0.0234. The number of urea groups is 1. The van der Waals surface area contributed by atoms with Gasteiger partial charge >= 0.3 is 6.03 Å². The van der Waals surface area contributed by atoms with E-state index in [1.165, 1.54) is 0 Å². The van der Waals surface area contributed by atoms with Gasteiger partial charge in [0.05, 0.1) is 24.4 Å². The molecule has 7 heteroatoms. The fourth-order valence-corrected chi connectivity index (χ4v) is 5.50. The Bertz CT molecular complexity index is 710. The first-order valence-corrected chi connectivity index (χ1v) is 8.72. The van der Waals surface area contributed by atoms with Gasteiger partial charge in [0.15, 0.2) is 4.96 Å². The Morgan fingerprint density at radius 2 is 2.36 bits per heavy atom. The average Bonchev–Trinajstić information content (AvgIpc) is 3.22. The van der Waals surface area contributed by atoms with Crippen molar-refractivity contribution in [1.82, 2.24) is 19.6 Å². The van der Waals surface area contributed by atoms with Gasteiger partial charge in [-0.1, -0.05) is 0 Å². The van der Waals surface area contributed by atoms with Gasteiger partial charge in [0.1, 0.15) is 0 Å². The molecule has 6 nitrogen and oxygen atoms in total. The molecule has 2 aliphatic carbocycles. The summed E-state index contributed by atoms with van der Waals surface area (Å²) in [5.41, 5.74) is 0.868. The zero-order valence-corrected chi connectivity index (χ0v) is 12.9. The second-order valence-electron chi connectivity index (χ2n) is 6.77. The van der Waals surface area contributed by atoms with Crippen molar-refractivity contribution in [3.8, 4) is 0 Å². The summed E-state index contributed by atoms with van der Waals surface area (Å²) in [7, 11) is 0. The highest BCUT2D eigenvalue weighted by molar-refractivity contribution is 7.15. The Kier molecular flexibility index (Phi) is 2.61. The normalized spacial score (nSPS) is 35.7. The van der Waals surface area contributed by atoms with E-state index in [1.807, 2.05) is 27.1 Å². The van der Waals surface area contributed by atoms with E-state index in [4.69, 9.17) is 0 Å². The van der Waals surface area contributed by atoms with Crippen LogP contribution in [0, 0.1) is 17.8 Å². The number of hydrogen-bond acceptors (Lipinski definition) is 4. The van der Waals surface area contributed by atoms with Gasteiger partial charge in [0, 0.05) is 24.3 Å². The molecule has 5 atom stereocenters. The van der Waals surface area contributed by atoms with E-state index in [2.05, 4.69) is 10.3 Å². The number of amides is 2. The molecule has 0 radical (unpaired) electrons. The van der Waals surface area contributed by atoms with Crippen molar-refractivity contribution in [3.05, 3.63) is 23.5 Å². The number of likely N-dealkylation sites (tertiary alicyclic amines) is 1. The Morgan fingerprint density at radius 3 is 3.18 bits per heavy atom. The monoisotopic (exact) mass is 318 g/mol. The minimum absolute atomic E-state index is 0.0363. The number of rotatable bonds is 2. The first-order chi connectivity index (χ1) is 10.7. The molecular weight excluding hydrogens is 300 g/mol. The van der Waals surface area contributed by atoms with Crippen molar-refractivity contribution < 1.29 is 9.90 Å². The van der Waals surface area contributed by atoms with Gasteiger partial charge in [-0.3, -0.25) is 4.40 Å². The quantitative estimate of drug-likeness (QED) is 0.877. The zero-order valence-electron chi connectivity index (χ0n) is 12.1. The summed E-state index contributed by atoms with van der Waals surface area (Å²) < 4.78 is 1.97. The maximum atomic E-state index is 12.5. The smallest absolute Gasteiger partial charge is 0.318 e. The number of nitrogens with zero attached hydrogens (tertiary/aromatic N) is 3. The van der Waals surface area contributed by atoms with Gasteiger partial charge in [0.25, 0.3) is 0 Å². The number of aliphatic hydroxyl groups is 1. The summed E-state index contributed by atoms with van der Waals surface area (Å²) in [6.45, 7) is 1.23. The molecule has 3 fully saturated rings. The maximum absolute atomic E-state index is 12.5. The van der Waals surface area contributed by atoms with Crippen molar-refractivity contribution in [2.45, 2.75) is 31.5 Å². The number of carbonyl (C=O) groups excluding carboxylic acids is 1. The highest BCUT2D eigenvalue weighted by atomic mass is 32.1. The third-order valence-corrected chi connectivity index (χ3v) is 6.44. The van der Waals surface area contributed by atoms with Crippen LogP contribution in [-0.2, 0) is 6.54 Å². The number of nitrogens with one attached hydrogen (secondary N) is 1. The SMILES string of the molecule is O=C(NCc1cn2ccsc2n1)N1CC2CC3CC2C1C3O. The highest BCUT2D eigenvalue weighted by Crippen LogP contribution is 2.54. The molecule has 1 saturated heterocycles. The first kappa shape index (κ1) is 12.9. The Labute approximate surface area is 131 Å². The van der Waals surface area contributed by atoms with Crippen LogP contribution < -0.4 is 5.32 Å². The van der Waals surface area contributed by atoms with Crippen molar-refractivity contribution in [1.29, 1.82) is 0 Å². The maximum Gasteiger partial charge on any atom is 0.318 e. The lowest BCUT2D eigenvalue weighted by atomic mass is 9.88. The topological polar surface area (TPSA) is 69.9 Å². The fourth-order valence-electron chi connectivity index (χ4n) is 4.78. The molecular formula is C15H18N4O2S. The lowest BCUT2D eigenvalue weighted by Crippen LogP contribution is -2.47. The van der Waals surface area contributed by atoms with E-state index in [9.17, 15) is 9.90 Å². The van der Waals surface area contributed by atoms with Crippen LogP contribution in [0.4, 0.5) is 4.79 Å². The van der Waals surface area contributed by atoms with E-state index in [0.717, 1.165) is 30.0 Å². The molecule has 22 heavy (non-hydrogen) atoms. The Hall–Kier alpha value is -1.60.